The maximum Gasteiger partial charge on any atom is 0.123 e. The number of rotatable bonds is 7. The van der Waals surface area contributed by atoms with Gasteiger partial charge in [-0.05, 0) is 58.8 Å². The quantitative estimate of drug-likeness (QED) is 0.594. The van der Waals surface area contributed by atoms with Gasteiger partial charge in [-0.2, -0.15) is 0 Å². The van der Waals surface area contributed by atoms with E-state index >= 15 is 0 Å². The number of nitrogens with zero attached hydrogens (tertiary/aromatic N) is 1. The maximum absolute atomic E-state index is 5.91. The predicted molar refractivity (Wildman–Crippen MR) is 85.4 cm³/mol. The first-order valence-corrected chi connectivity index (χ1v) is 7.67. The molecule has 1 aromatic carbocycles. The molecule has 0 atom stereocenters. The van der Waals surface area contributed by atoms with Gasteiger partial charge in [0.05, 0.1) is 6.10 Å². The molecule has 0 unspecified atom stereocenters. The molecule has 0 aromatic heterocycles. The van der Waals surface area contributed by atoms with Gasteiger partial charge in [0.1, 0.15) is 5.75 Å². The molecule has 1 aromatic rings. The Bertz CT molecular complexity index is 414. The minimum Gasteiger partial charge on any atom is -0.491 e. The van der Waals surface area contributed by atoms with Crippen molar-refractivity contribution in [2.45, 2.75) is 39.2 Å². The summed E-state index contributed by atoms with van der Waals surface area (Å²) in [6, 6.07) is 5.85. The van der Waals surface area contributed by atoms with E-state index in [0.29, 0.717) is 0 Å². The van der Waals surface area contributed by atoms with Crippen LogP contribution in [0.3, 0.4) is 0 Å². The van der Waals surface area contributed by atoms with E-state index in [9.17, 15) is 0 Å². The number of anilines is 2. The van der Waals surface area contributed by atoms with E-state index < -0.39 is 0 Å². The lowest BCUT2D eigenvalue weighted by Crippen LogP contribution is -2.22. The van der Waals surface area contributed by atoms with Gasteiger partial charge in [-0.15, -0.1) is 0 Å². The summed E-state index contributed by atoms with van der Waals surface area (Å²) in [4.78, 5) is 2.54. The molecule has 20 heavy (non-hydrogen) atoms. The van der Waals surface area contributed by atoms with Gasteiger partial charge in [0.15, 0.2) is 0 Å². The third-order valence-electron chi connectivity index (χ3n) is 3.48. The summed E-state index contributed by atoms with van der Waals surface area (Å²) in [6.45, 7) is 8.74. The molecule has 2 rings (SSSR count). The summed E-state index contributed by atoms with van der Waals surface area (Å²) < 4.78 is 5.70. The average Bonchev–Trinajstić information content (AvgIpc) is 2.86. The first-order valence-electron chi connectivity index (χ1n) is 7.67. The van der Waals surface area contributed by atoms with Crippen molar-refractivity contribution < 1.29 is 4.74 Å². The molecular formula is C16H27N3O. The van der Waals surface area contributed by atoms with E-state index in [1.165, 1.54) is 32.5 Å². The summed E-state index contributed by atoms with van der Waals surface area (Å²) in [5.74, 6) is 0.835. The van der Waals surface area contributed by atoms with E-state index in [1.54, 1.807) is 0 Å². The minimum atomic E-state index is 0.166. The van der Waals surface area contributed by atoms with E-state index in [2.05, 4.69) is 10.2 Å². The van der Waals surface area contributed by atoms with E-state index in [1.807, 2.05) is 32.0 Å². The van der Waals surface area contributed by atoms with Crippen LogP contribution < -0.4 is 15.8 Å². The molecule has 4 heteroatoms. The van der Waals surface area contributed by atoms with Crippen molar-refractivity contribution in [2.75, 3.05) is 37.2 Å². The van der Waals surface area contributed by atoms with Gasteiger partial charge in [0.2, 0.25) is 0 Å². The second kappa shape index (κ2) is 7.39. The molecule has 4 nitrogen and oxygen atoms in total. The highest BCUT2D eigenvalue weighted by Crippen LogP contribution is 2.23. The standard InChI is InChI=1S/C16H27N3O/c1-13(2)20-16-11-14(17)10-15(12-16)18-6-5-9-19-7-3-4-8-19/h10-13,18H,3-9,17H2,1-2H3. The van der Waals surface area contributed by atoms with Crippen LogP contribution in [0.1, 0.15) is 33.1 Å². The number of hydrogen-bond acceptors (Lipinski definition) is 4. The summed E-state index contributed by atoms with van der Waals surface area (Å²) in [5.41, 5.74) is 7.70. The number of nitrogens with one attached hydrogen (secondary N) is 1. The van der Waals surface area contributed by atoms with Crippen LogP contribution in [0, 0.1) is 0 Å². The van der Waals surface area contributed by atoms with Crippen LogP contribution in [0.25, 0.3) is 0 Å². The SMILES string of the molecule is CC(C)Oc1cc(N)cc(NCCCN2CCCC2)c1. The van der Waals surface area contributed by atoms with Crippen LogP contribution in [-0.4, -0.2) is 37.2 Å². The largest absolute Gasteiger partial charge is 0.491 e. The number of benzene rings is 1. The van der Waals surface area contributed by atoms with Gasteiger partial charge in [-0.25, -0.2) is 0 Å². The summed E-state index contributed by atoms with van der Waals surface area (Å²) in [6.07, 6.45) is 4.05. The fourth-order valence-electron chi connectivity index (χ4n) is 2.61. The van der Waals surface area contributed by atoms with E-state index in [0.717, 1.165) is 30.1 Å². The molecule has 0 radical (unpaired) electrons. The number of nitrogen functional groups attached to an aromatic ring is 1. The lowest BCUT2D eigenvalue weighted by atomic mass is 10.2. The van der Waals surface area contributed by atoms with Gasteiger partial charge in [-0.1, -0.05) is 0 Å². The summed E-state index contributed by atoms with van der Waals surface area (Å²) >= 11 is 0. The van der Waals surface area contributed by atoms with Crippen molar-refractivity contribution in [1.29, 1.82) is 0 Å². The van der Waals surface area contributed by atoms with E-state index in [-0.39, 0.29) is 6.10 Å². The Morgan fingerprint density at radius 3 is 2.70 bits per heavy atom. The van der Waals surface area contributed by atoms with Gasteiger partial charge >= 0.3 is 0 Å². The topological polar surface area (TPSA) is 50.5 Å². The van der Waals surface area contributed by atoms with E-state index in [4.69, 9.17) is 10.5 Å². The lowest BCUT2D eigenvalue weighted by molar-refractivity contribution is 0.242. The number of hydrogen-bond donors (Lipinski definition) is 2. The molecule has 1 saturated heterocycles. The second-order valence-electron chi connectivity index (χ2n) is 5.79. The monoisotopic (exact) mass is 277 g/mol. The van der Waals surface area contributed by atoms with Crippen molar-refractivity contribution in [2.24, 2.45) is 0 Å². The molecule has 1 fully saturated rings. The van der Waals surface area contributed by atoms with Crippen LogP contribution in [-0.2, 0) is 0 Å². The fourth-order valence-corrected chi connectivity index (χ4v) is 2.61. The molecule has 0 saturated carbocycles. The van der Waals surface area contributed by atoms with Crippen molar-refractivity contribution >= 4 is 11.4 Å². The molecule has 0 bridgehead atoms. The van der Waals surface area contributed by atoms with Crippen LogP contribution >= 0.6 is 0 Å². The molecule has 0 amide bonds. The molecule has 1 aliphatic rings. The Kier molecular flexibility index (Phi) is 5.53. The van der Waals surface area contributed by atoms with Crippen molar-refractivity contribution in [3.05, 3.63) is 18.2 Å². The molecule has 1 aliphatic heterocycles. The van der Waals surface area contributed by atoms with Crippen LogP contribution in [0.4, 0.5) is 11.4 Å². The van der Waals surface area contributed by atoms with Gasteiger partial charge in [-0.3, -0.25) is 0 Å². The number of likely N-dealkylation sites (tertiary alicyclic amines) is 1. The summed E-state index contributed by atoms with van der Waals surface area (Å²) in [5, 5.41) is 3.44. The fraction of sp³-hybridized carbons (Fsp3) is 0.625. The van der Waals surface area contributed by atoms with Gasteiger partial charge in [0.25, 0.3) is 0 Å². The van der Waals surface area contributed by atoms with Gasteiger partial charge < -0.3 is 20.7 Å². The van der Waals surface area contributed by atoms with Crippen molar-refractivity contribution in [3.63, 3.8) is 0 Å². The first kappa shape index (κ1) is 15.0. The third kappa shape index (κ3) is 4.93. The molecule has 0 spiro atoms. The Hall–Kier alpha value is -1.42. The predicted octanol–water partition coefficient (Wildman–Crippen LogP) is 2.95. The van der Waals surface area contributed by atoms with Crippen molar-refractivity contribution in [1.82, 2.24) is 4.90 Å². The second-order valence-corrected chi connectivity index (χ2v) is 5.79. The Balaban J connectivity index is 1.77. The van der Waals surface area contributed by atoms with Crippen molar-refractivity contribution in [3.8, 4) is 5.75 Å². The molecule has 3 N–H and O–H groups in total. The molecule has 112 valence electrons. The Morgan fingerprint density at radius 2 is 2.00 bits per heavy atom. The normalized spacial score (nSPS) is 15.8. The Morgan fingerprint density at radius 1 is 1.25 bits per heavy atom. The molecular weight excluding hydrogens is 250 g/mol. The molecule has 0 aliphatic carbocycles. The Labute approximate surface area is 122 Å². The smallest absolute Gasteiger partial charge is 0.123 e. The van der Waals surface area contributed by atoms with Crippen LogP contribution in [0.2, 0.25) is 0 Å². The summed E-state index contributed by atoms with van der Waals surface area (Å²) in [7, 11) is 0. The van der Waals surface area contributed by atoms with Gasteiger partial charge in [0, 0.05) is 30.1 Å². The highest BCUT2D eigenvalue weighted by Gasteiger charge is 2.10. The molecule has 1 heterocycles. The zero-order valence-electron chi connectivity index (χ0n) is 12.7. The van der Waals surface area contributed by atoms with Crippen LogP contribution in [0.15, 0.2) is 18.2 Å². The number of ether oxygens (including phenoxy) is 1. The minimum absolute atomic E-state index is 0.166. The average molecular weight is 277 g/mol. The third-order valence-corrected chi connectivity index (χ3v) is 3.48. The first-order chi connectivity index (χ1) is 9.63. The lowest BCUT2D eigenvalue weighted by Gasteiger charge is -2.16. The highest BCUT2D eigenvalue weighted by molar-refractivity contribution is 5.59. The maximum atomic E-state index is 5.91. The zero-order chi connectivity index (χ0) is 14.4. The zero-order valence-corrected chi connectivity index (χ0v) is 12.7. The van der Waals surface area contributed by atoms with Crippen LogP contribution in [0.5, 0.6) is 5.75 Å². The number of nitrogens with two attached hydrogens (primary N) is 1. The highest BCUT2D eigenvalue weighted by atomic mass is 16.5.